The number of carbonyl (C=O) groups excluding carboxylic acids is 6. The summed E-state index contributed by atoms with van der Waals surface area (Å²) in [5, 5.41) is 14.6. The van der Waals surface area contributed by atoms with Crippen molar-refractivity contribution in [1.29, 1.82) is 0 Å². The van der Waals surface area contributed by atoms with E-state index in [1.165, 1.54) is 0 Å². The van der Waals surface area contributed by atoms with Crippen LogP contribution in [0.1, 0.15) is 19.3 Å². The van der Waals surface area contributed by atoms with E-state index in [2.05, 4.69) is 50.1 Å². The number of amides is 6. The van der Waals surface area contributed by atoms with Crippen molar-refractivity contribution in [3.05, 3.63) is 70.6 Å². The zero-order valence-corrected chi connectivity index (χ0v) is 21.4. The summed E-state index contributed by atoms with van der Waals surface area (Å²) in [5.41, 5.74) is 3.41. The van der Waals surface area contributed by atoms with Crippen molar-refractivity contribution in [2.24, 2.45) is 0 Å². The first-order valence-electron chi connectivity index (χ1n) is 9.30. The first kappa shape index (κ1) is 30.1. The van der Waals surface area contributed by atoms with Gasteiger partial charge in [-0.2, -0.15) is 18.2 Å². The normalized spacial score (nSPS) is 14.5. The van der Waals surface area contributed by atoms with Gasteiger partial charge in [-0.15, -0.1) is 36.4 Å². The average molecular weight is 632 g/mol. The largest absolute Gasteiger partial charge is 0.405 e. The van der Waals surface area contributed by atoms with Crippen LogP contribution in [0.2, 0.25) is 0 Å². The number of hydrogen-bond acceptors (Lipinski definition) is 6. The summed E-state index contributed by atoms with van der Waals surface area (Å²) in [4.78, 5) is 60.0. The third-order valence-electron chi connectivity index (χ3n) is 3.82. The van der Waals surface area contributed by atoms with Gasteiger partial charge in [0.1, 0.15) is 0 Å². The van der Waals surface area contributed by atoms with Crippen LogP contribution in [-0.2, 0) is 54.6 Å². The van der Waals surface area contributed by atoms with Gasteiger partial charge >= 0.3 is 0 Å². The Morgan fingerprint density at radius 1 is 0.471 bits per heavy atom. The summed E-state index contributed by atoms with van der Waals surface area (Å²) in [7, 11) is 0. The van der Waals surface area contributed by atoms with Gasteiger partial charge in [0, 0.05) is 25.8 Å². The molecule has 0 fully saturated rings. The van der Waals surface area contributed by atoms with Crippen molar-refractivity contribution < 1.29 is 54.6 Å². The first-order valence-corrected chi connectivity index (χ1v) is 9.30. The van der Waals surface area contributed by atoms with Crippen LogP contribution in [0.5, 0.6) is 0 Å². The molecule has 6 N–H and O–H groups in total. The monoisotopic (exact) mass is 633 g/mol. The van der Waals surface area contributed by atoms with Crippen LogP contribution in [0.15, 0.2) is 52.4 Å². The maximum atomic E-state index is 10.0. The van der Waals surface area contributed by atoms with Crippen molar-refractivity contribution >= 4 is 38.5 Å². The maximum absolute atomic E-state index is 10.0. The fraction of sp³-hybridized carbons (Fsp3) is 0.143. The van der Waals surface area contributed by atoms with Crippen molar-refractivity contribution in [3.8, 4) is 0 Å². The van der Waals surface area contributed by atoms with E-state index in [0.717, 1.165) is 0 Å². The van der Waals surface area contributed by atoms with Crippen molar-refractivity contribution in [1.82, 2.24) is 31.9 Å². The molecule has 0 unspecified atom stereocenters. The van der Waals surface area contributed by atoms with Crippen LogP contribution in [0, 0.1) is 18.2 Å². The standard InChI is InChI=1S/3C7H7N2O2.Hf/c3*10-4-8-6-2-1-3-7(6)9-5-11;/h3*2,4-5H,1H2,(H,8,10)(H,9,11);/q3*-1;. The van der Waals surface area contributed by atoms with Crippen LogP contribution in [0.3, 0.4) is 0 Å². The minimum Gasteiger partial charge on any atom is -0.405 e. The van der Waals surface area contributed by atoms with Gasteiger partial charge in [-0.1, -0.05) is 17.1 Å². The molecular weight excluding hydrogens is 611 g/mol. The summed E-state index contributed by atoms with van der Waals surface area (Å²) in [6.07, 6.45) is 19.0. The molecule has 3 aliphatic carbocycles. The molecule has 3 rings (SSSR count). The smallest absolute Gasteiger partial charge is 0.208 e. The summed E-state index contributed by atoms with van der Waals surface area (Å²) in [6.45, 7) is 0. The van der Waals surface area contributed by atoms with Crippen molar-refractivity contribution in [2.45, 2.75) is 19.3 Å². The predicted octanol–water partition coefficient (Wildman–Crippen LogP) is -1.64. The van der Waals surface area contributed by atoms with Crippen LogP contribution in [0.4, 0.5) is 0 Å². The fourth-order valence-corrected chi connectivity index (χ4v) is 2.50. The molecule has 0 aromatic carbocycles. The Bertz CT molecular complexity index is 745. The van der Waals surface area contributed by atoms with Crippen molar-refractivity contribution in [2.75, 3.05) is 0 Å². The van der Waals surface area contributed by atoms with E-state index in [0.29, 0.717) is 91.9 Å². The summed E-state index contributed by atoms with van der Waals surface area (Å²) < 4.78 is 0. The molecule has 0 saturated carbocycles. The van der Waals surface area contributed by atoms with Gasteiger partial charge < -0.3 is 31.9 Å². The van der Waals surface area contributed by atoms with E-state index < -0.39 is 0 Å². The second kappa shape index (κ2) is 18.7. The second-order valence-corrected chi connectivity index (χ2v) is 5.69. The summed E-state index contributed by atoms with van der Waals surface area (Å²) in [5.74, 6) is 0. The first-order chi connectivity index (χ1) is 16.1. The zero-order valence-electron chi connectivity index (χ0n) is 17.8. The van der Waals surface area contributed by atoms with Gasteiger partial charge in [0.25, 0.3) is 0 Å². The van der Waals surface area contributed by atoms with Gasteiger partial charge in [-0.05, 0) is 0 Å². The zero-order chi connectivity index (χ0) is 24.3. The molecule has 0 heterocycles. The second-order valence-electron chi connectivity index (χ2n) is 5.69. The molecule has 3 aliphatic rings. The maximum Gasteiger partial charge on any atom is 0.208 e. The Labute approximate surface area is 214 Å². The minimum atomic E-state index is 0. The Balaban J connectivity index is 0.000000473. The van der Waals surface area contributed by atoms with Crippen LogP contribution in [-0.4, -0.2) is 38.5 Å². The number of hydrogen-bond donors (Lipinski definition) is 6. The van der Waals surface area contributed by atoms with Crippen LogP contribution in [0.25, 0.3) is 0 Å². The molecule has 0 aliphatic heterocycles. The molecule has 34 heavy (non-hydrogen) atoms. The molecule has 178 valence electrons. The van der Waals surface area contributed by atoms with E-state index in [4.69, 9.17) is 0 Å². The van der Waals surface area contributed by atoms with Gasteiger partial charge in [0.05, 0.1) is 0 Å². The Morgan fingerprint density at radius 3 is 0.912 bits per heavy atom. The van der Waals surface area contributed by atoms with Gasteiger partial charge in [0.2, 0.25) is 19.2 Å². The van der Waals surface area contributed by atoms with E-state index in [1.807, 2.05) is 0 Å². The number of nitrogens with one attached hydrogen (secondary N) is 6. The summed E-state index contributed by atoms with van der Waals surface area (Å²) in [6, 6.07) is 0. The minimum absolute atomic E-state index is 0. The van der Waals surface area contributed by atoms with E-state index in [-0.39, 0.29) is 25.8 Å². The van der Waals surface area contributed by atoms with Gasteiger partial charge in [-0.25, -0.2) is 18.2 Å². The van der Waals surface area contributed by atoms with E-state index >= 15 is 0 Å². The SMILES string of the molecule is O=CNC1=[C-]CC=C1NC=O.O=CNC1=[C-]CC=C1NC=O.O=CNC1=[C-]CC=C1NC=O.[Hf]. The molecule has 0 aromatic rings. The molecule has 0 atom stereocenters. The molecule has 0 saturated heterocycles. The third-order valence-corrected chi connectivity index (χ3v) is 3.82. The average Bonchev–Trinajstić information content (AvgIpc) is 3.55. The predicted molar refractivity (Wildman–Crippen MR) is 114 cm³/mol. The number of carbonyl (C=O) groups is 6. The Morgan fingerprint density at radius 2 is 0.706 bits per heavy atom. The molecule has 13 heteroatoms. The van der Waals surface area contributed by atoms with Gasteiger partial charge in [0.15, 0.2) is 19.2 Å². The van der Waals surface area contributed by atoms with Crippen LogP contribution >= 0.6 is 0 Å². The number of allylic oxidation sites excluding steroid dienone is 6. The van der Waals surface area contributed by atoms with Gasteiger partial charge in [-0.3, -0.25) is 28.8 Å². The fourth-order valence-electron chi connectivity index (χ4n) is 2.50. The molecule has 0 radical (unpaired) electrons. The van der Waals surface area contributed by atoms with Crippen molar-refractivity contribution in [3.63, 3.8) is 0 Å². The molecule has 0 aromatic heterocycles. The summed E-state index contributed by atoms with van der Waals surface area (Å²) >= 11 is 0. The third kappa shape index (κ3) is 10.6. The number of rotatable bonds is 12. The Hall–Kier alpha value is -3.87. The quantitative estimate of drug-likeness (QED) is 0.0856. The van der Waals surface area contributed by atoms with Crippen LogP contribution < -0.4 is 31.9 Å². The molecule has 12 nitrogen and oxygen atoms in total. The molecule has 6 amide bonds. The topological polar surface area (TPSA) is 175 Å². The molecular formula is C21H21HfN6O6-3. The molecule has 0 spiro atoms. The van der Waals surface area contributed by atoms with E-state index in [9.17, 15) is 28.8 Å². The van der Waals surface area contributed by atoms with E-state index in [1.54, 1.807) is 18.2 Å². The Kier molecular flexibility index (Phi) is 16.6. The molecule has 0 bridgehead atoms.